The van der Waals surface area contributed by atoms with Crippen LogP contribution in [0, 0.1) is 0 Å². The van der Waals surface area contributed by atoms with Crippen molar-refractivity contribution in [2.45, 2.75) is 0 Å². The number of amides is 1. The Labute approximate surface area is 140 Å². The highest BCUT2D eigenvalue weighted by Crippen LogP contribution is 2.15. The number of halogens is 1. The van der Waals surface area contributed by atoms with Gasteiger partial charge in [-0.15, -0.1) is 0 Å². The highest BCUT2D eigenvalue weighted by atomic mass is 79.9. The van der Waals surface area contributed by atoms with Crippen LogP contribution in [0.25, 0.3) is 0 Å². The van der Waals surface area contributed by atoms with Gasteiger partial charge in [-0.3, -0.25) is 9.78 Å². The van der Waals surface area contributed by atoms with Gasteiger partial charge < -0.3 is 9.84 Å². The number of hydrogen-bond donors (Lipinski definition) is 2. The number of aliphatic carboxylic acids is 1. The quantitative estimate of drug-likeness (QED) is 0.592. The summed E-state index contributed by atoms with van der Waals surface area (Å²) in [5.74, 6) is -1.14. The fraction of sp³-hybridized carbons (Fsp3) is 0.0667. The minimum atomic E-state index is -1.08. The van der Waals surface area contributed by atoms with E-state index in [-0.39, 0.29) is 0 Å². The van der Waals surface area contributed by atoms with Crippen LogP contribution >= 0.6 is 15.9 Å². The summed E-state index contributed by atoms with van der Waals surface area (Å²) in [5.41, 5.74) is 3.26. The van der Waals surface area contributed by atoms with Gasteiger partial charge >= 0.3 is 5.97 Å². The lowest BCUT2D eigenvalue weighted by molar-refractivity contribution is -0.139. The lowest BCUT2D eigenvalue weighted by Gasteiger charge is -2.06. The summed E-state index contributed by atoms with van der Waals surface area (Å²) < 4.78 is 5.82. The molecule has 8 heteroatoms. The van der Waals surface area contributed by atoms with Crippen LogP contribution in [0.5, 0.6) is 5.75 Å². The largest absolute Gasteiger partial charge is 0.481 e. The van der Waals surface area contributed by atoms with Crippen LogP contribution in [0.15, 0.2) is 52.3 Å². The summed E-state index contributed by atoms with van der Waals surface area (Å²) in [6.07, 6.45) is 4.36. The first-order chi connectivity index (χ1) is 11.1. The topological polar surface area (TPSA) is 101 Å². The average molecular weight is 378 g/mol. The average Bonchev–Trinajstić information content (AvgIpc) is 2.53. The third-order valence-corrected chi connectivity index (χ3v) is 3.04. The molecule has 0 saturated heterocycles. The lowest BCUT2D eigenvalue weighted by atomic mass is 10.2. The molecule has 0 aliphatic heterocycles. The Bertz CT molecular complexity index is 749. The van der Waals surface area contributed by atoms with Crippen molar-refractivity contribution in [3.8, 4) is 5.75 Å². The number of hydrazone groups is 1. The second kappa shape index (κ2) is 8.04. The van der Waals surface area contributed by atoms with Gasteiger partial charge in [-0.2, -0.15) is 5.10 Å². The number of ether oxygens (including phenoxy) is 1. The van der Waals surface area contributed by atoms with Gasteiger partial charge in [-0.1, -0.05) is 12.1 Å². The zero-order valence-electron chi connectivity index (χ0n) is 11.8. The Morgan fingerprint density at radius 3 is 2.87 bits per heavy atom. The van der Waals surface area contributed by atoms with Gasteiger partial charge in [0.15, 0.2) is 6.61 Å². The molecule has 0 fully saturated rings. The van der Waals surface area contributed by atoms with Crippen LogP contribution in [-0.4, -0.2) is 34.8 Å². The van der Waals surface area contributed by atoms with Crippen molar-refractivity contribution in [3.05, 3.63) is 58.3 Å². The van der Waals surface area contributed by atoms with Crippen molar-refractivity contribution in [1.82, 2.24) is 10.4 Å². The van der Waals surface area contributed by atoms with E-state index >= 15 is 0 Å². The fourth-order valence-electron chi connectivity index (χ4n) is 1.62. The third-order valence-electron chi connectivity index (χ3n) is 2.61. The summed E-state index contributed by atoms with van der Waals surface area (Å²) >= 11 is 3.23. The number of carboxylic acid groups (broad SMARTS) is 1. The van der Waals surface area contributed by atoms with E-state index in [9.17, 15) is 9.59 Å². The molecule has 0 unspecified atom stereocenters. The molecule has 2 rings (SSSR count). The number of carbonyl (C=O) groups is 2. The van der Waals surface area contributed by atoms with E-state index in [1.165, 1.54) is 12.4 Å². The highest BCUT2D eigenvalue weighted by Gasteiger charge is 2.06. The van der Waals surface area contributed by atoms with Gasteiger partial charge in [-0.25, -0.2) is 10.2 Å². The molecule has 1 heterocycles. The number of pyridine rings is 1. The van der Waals surface area contributed by atoms with Crippen molar-refractivity contribution in [2.75, 3.05) is 6.61 Å². The minimum absolute atomic E-state index is 0.354. The predicted octanol–water partition coefficient (Wildman–Crippen LogP) is 2.07. The van der Waals surface area contributed by atoms with Gasteiger partial charge in [0.25, 0.3) is 5.91 Å². The van der Waals surface area contributed by atoms with Gasteiger partial charge in [0, 0.05) is 22.4 Å². The summed E-state index contributed by atoms with van der Waals surface area (Å²) in [6, 6.07) is 8.37. The van der Waals surface area contributed by atoms with E-state index in [0.29, 0.717) is 21.3 Å². The van der Waals surface area contributed by atoms with Crippen LogP contribution in [0.2, 0.25) is 0 Å². The lowest BCUT2D eigenvalue weighted by Crippen LogP contribution is -2.18. The van der Waals surface area contributed by atoms with E-state index in [0.717, 1.165) is 0 Å². The molecule has 0 atom stereocenters. The molecule has 23 heavy (non-hydrogen) atoms. The van der Waals surface area contributed by atoms with E-state index in [1.807, 2.05) is 0 Å². The van der Waals surface area contributed by atoms with Gasteiger partial charge in [0.1, 0.15) is 5.75 Å². The van der Waals surface area contributed by atoms with Gasteiger partial charge in [0.2, 0.25) is 0 Å². The number of carbonyl (C=O) groups excluding carboxylic acids is 1. The van der Waals surface area contributed by atoms with Crippen LogP contribution < -0.4 is 10.2 Å². The molecule has 2 N–H and O–H groups in total. The maximum absolute atomic E-state index is 11.9. The first-order valence-electron chi connectivity index (χ1n) is 6.44. The maximum Gasteiger partial charge on any atom is 0.341 e. The maximum atomic E-state index is 11.9. The number of nitrogens with zero attached hydrogens (tertiary/aromatic N) is 2. The molecule has 0 bridgehead atoms. The number of hydrogen-bond acceptors (Lipinski definition) is 5. The van der Waals surface area contributed by atoms with Crippen molar-refractivity contribution in [3.63, 3.8) is 0 Å². The zero-order chi connectivity index (χ0) is 16.7. The van der Waals surface area contributed by atoms with Crippen molar-refractivity contribution < 1.29 is 19.4 Å². The number of benzene rings is 1. The normalized spacial score (nSPS) is 10.5. The SMILES string of the molecule is O=C(O)COc1ccccc1/C=N/NC(=O)c1cncc(Br)c1. The molecule has 2 aromatic rings. The van der Waals surface area contributed by atoms with Gasteiger partial charge in [-0.05, 0) is 34.1 Å². The summed E-state index contributed by atoms with van der Waals surface area (Å²) in [6.45, 7) is -0.457. The minimum Gasteiger partial charge on any atom is -0.481 e. The van der Waals surface area contributed by atoms with Gasteiger partial charge in [0.05, 0.1) is 11.8 Å². The van der Waals surface area contributed by atoms with E-state index in [1.54, 1.807) is 36.5 Å². The fourth-order valence-corrected chi connectivity index (χ4v) is 1.98. The molecule has 1 aromatic carbocycles. The number of rotatable bonds is 6. The Balaban J connectivity index is 2.03. The zero-order valence-corrected chi connectivity index (χ0v) is 13.4. The highest BCUT2D eigenvalue weighted by molar-refractivity contribution is 9.10. The monoisotopic (exact) mass is 377 g/mol. The Hall–Kier alpha value is -2.74. The molecule has 0 radical (unpaired) electrons. The molecule has 7 nitrogen and oxygen atoms in total. The number of para-hydroxylation sites is 1. The molecular formula is C15H12BrN3O4. The standard InChI is InChI=1S/C15H12BrN3O4/c16-12-5-11(6-17-8-12)15(22)19-18-7-10-3-1-2-4-13(10)23-9-14(20)21/h1-8H,9H2,(H,19,22)(H,20,21)/b18-7+. The summed E-state index contributed by atoms with van der Waals surface area (Å²) in [5, 5.41) is 12.5. The first-order valence-corrected chi connectivity index (χ1v) is 7.23. The van der Waals surface area contributed by atoms with E-state index in [2.05, 4.69) is 31.4 Å². The van der Waals surface area contributed by atoms with Crippen LogP contribution in [-0.2, 0) is 4.79 Å². The van der Waals surface area contributed by atoms with E-state index in [4.69, 9.17) is 9.84 Å². The molecule has 0 aliphatic rings. The van der Waals surface area contributed by atoms with Crippen LogP contribution in [0.1, 0.15) is 15.9 Å². The smallest absolute Gasteiger partial charge is 0.341 e. The predicted molar refractivity (Wildman–Crippen MR) is 86.6 cm³/mol. The first kappa shape index (κ1) is 16.6. The number of nitrogens with one attached hydrogen (secondary N) is 1. The number of aromatic nitrogens is 1. The third kappa shape index (κ3) is 5.19. The van der Waals surface area contributed by atoms with Crippen LogP contribution in [0.4, 0.5) is 0 Å². The van der Waals surface area contributed by atoms with Crippen molar-refractivity contribution >= 4 is 34.0 Å². The molecule has 118 valence electrons. The Morgan fingerprint density at radius 1 is 1.35 bits per heavy atom. The van der Waals surface area contributed by atoms with E-state index < -0.39 is 18.5 Å². The summed E-state index contributed by atoms with van der Waals surface area (Å²) in [4.78, 5) is 26.3. The molecular weight excluding hydrogens is 366 g/mol. The second-order valence-corrected chi connectivity index (χ2v) is 5.23. The molecule has 0 aliphatic carbocycles. The van der Waals surface area contributed by atoms with Crippen molar-refractivity contribution in [1.29, 1.82) is 0 Å². The second-order valence-electron chi connectivity index (χ2n) is 4.31. The Morgan fingerprint density at radius 2 is 2.13 bits per heavy atom. The summed E-state index contributed by atoms with van der Waals surface area (Å²) in [7, 11) is 0. The molecule has 0 spiro atoms. The van der Waals surface area contributed by atoms with Crippen molar-refractivity contribution in [2.24, 2.45) is 5.10 Å². The Kier molecular flexibility index (Phi) is 5.81. The molecule has 1 amide bonds. The molecule has 0 saturated carbocycles. The molecule has 1 aromatic heterocycles. The van der Waals surface area contributed by atoms with Crippen LogP contribution in [0.3, 0.4) is 0 Å². The number of carboxylic acids is 1.